The third-order valence-corrected chi connectivity index (χ3v) is 4.29. The molecule has 0 aliphatic carbocycles. The Morgan fingerprint density at radius 2 is 2.05 bits per heavy atom. The van der Waals surface area contributed by atoms with Gasteiger partial charge in [0.05, 0.1) is 12.6 Å². The number of amides is 2. The monoisotopic (exact) mass is 332 g/mol. The van der Waals surface area contributed by atoms with Crippen LogP contribution in [0.2, 0.25) is 0 Å². The number of nitrogens with one attached hydrogen (secondary N) is 3. The number of carbonyl (C=O) groups excluding carboxylic acids is 2. The van der Waals surface area contributed by atoms with Crippen molar-refractivity contribution in [2.75, 3.05) is 39.3 Å². The van der Waals surface area contributed by atoms with Gasteiger partial charge >= 0.3 is 0 Å². The van der Waals surface area contributed by atoms with Crippen LogP contribution >= 0.6 is 12.4 Å². The first-order valence-corrected chi connectivity index (χ1v) is 8.19. The summed E-state index contributed by atoms with van der Waals surface area (Å²) in [6.07, 6.45) is 4.26. The molecule has 0 spiro atoms. The number of nitrogens with zero attached hydrogens (tertiary/aromatic N) is 1. The van der Waals surface area contributed by atoms with Gasteiger partial charge in [0.15, 0.2) is 0 Å². The average Bonchev–Trinajstić information content (AvgIpc) is 2.99. The molecule has 0 aromatic rings. The van der Waals surface area contributed by atoms with Crippen LogP contribution in [0.5, 0.6) is 0 Å². The second-order valence-corrected chi connectivity index (χ2v) is 6.09. The summed E-state index contributed by atoms with van der Waals surface area (Å²) >= 11 is 0. The summed E-state index contributed by atoms with van der Waals surface area (Å²) < 4.78 is 0. The van der Waals surface area contributed by atoms with Gasteiger partial charge in [-0.1, -0.05) is 0 Å². The van der Waals surface area contributed by atoms with Crippen LogP contribution in [0.1, 0.15) is 32.6 Å². The molecule has 2 fully saturated rings. The van der Waals surface area contributed by atoms with Gasteiger partial charge in [0.2, 0.25) is 11.8 Å². The molecule has 0 aromatic carbocycles. The molecule has 128 valence electrons. The van der Waals surface area contributed by atoms with Crippen LogP contribution in [-0.4, -0.2) is 62.0 Å². The first-order chi connectivity index (χ1) is 10.2. The zero-order valence-electron chi connectivity index (χ0n) is 13.4. The predicted molar refractivity (Wildman–Crippen MR) is 89.1 cm³/mol. The molecule has 22 heavy (non-hydrogen) atoms. The number of piperidine rings is 1. The molecule has 0 saturated carbocycles. The highest BCUT2D eigenvalue weighted by Gasteiger charge is 2.25. The summed E-state index contributed by atoms with van der Waals surface area (Å²) in [5.74, 6) is 0.684. The molecular weight excluding hydrogens is 304 g/mol. The van der Waals surface area contributed by atoms with Gasteiger partial charge in [-0.3, -0.25) is 14.5 Å². The lowest BCUT2D eigenvalue weighted by molar-refractivity contribution is -0.124. The van der Waals surface area contributed by atoms with E-state index < -0.39 is 0 Å². The number of halogens is 1. The van der Waals surface area contributed by atoms with Crippen molar-refractivity contribution in [2.45, 2.75) is 38.6 Å². The van der Waals surface area contributed by atoms with E-state index in [0.717, 1.165) is 51.9 Å². The Balaban J connectivity index is 0.00000242. The summed E-state index contributed by atoms with van der Waals surface area (Å²) in [5.41, 5.74) is 0. The topological polar surface area (TPSA) is 73.5 Å². The Morgan fingerprint density at radius 1 is 1.23 bits per heavy atom. The fourth-order valence-corrected chi connectivity index (χ4v) is 3.19. The standard InChI is InChI=1S/C15H28N4O2.ClH/c1-2-16-14(20)11-19-8-4-5-12(10-19)9-18-15(21)13-6-3-7-17-13;/h12-13,17H,2-11H2,1H3,(H,16,20)(H,18,21);1H. The highest BCUT2D eigenvalue weighted by atomic mass is 35.5. The molecule has 0 radical (unpaired) electrons. The molecule has 2 unspecified atom stereocenters. The Bertz CT molecular complexity index is 361. The minimum Gasteiger partial charge on any atom is -0.355 e. The zero-order chi connectivity index (χ0) is 15.1. The lowest BCUT2D eigenvalue weighted by Gasteiger charge is -2.32. The Morgan fingerprint density at radius 3 is 2.73 bits per heavy atom. The lowest BCUT2D eigenvalue weighted by Crippen LogP contribution is -2.47. The fraction of sp³-hybridized carbons (Fsp3) is 0.867. The van der Waals surface area contributed by atoms with Gasteiger partial charge in [0.1, 0.15) is 0 Å². The number of hydrogen-bond acceptors (Lipinski definition) is 4. The molecule has 2 amide bonds. The highest BCUT2D eigenvalue weighted by Crippen LogP contribution is 2.15. The molecule has 2 atom stereocenters. The van der Waals surface area contributed by atoms with E-state index in [1.54, 1.807) is 0 Å². The summed E-state index contributed by atoms with van der Waals surface area (Å²) in [6, 6.07) is 0.0000237. The van der Waals surface area contributed by atoms with Gasteiger partial charge in [0.25, 0.3) is 0 Å². The second kappa shape index (κ2) is 10.0. The number of hydrogen-bond donors (Lipinski definition) is 3. The summed E-state index contributed by atoms with van der Waals surface area (Å²) in [6.45, 7) is 6.64. The third-order valence-electron chi connectivity index (χ3n) is 4.29. The van der Waals surface area contributed by atoms with Crippen LogP contribution in [0.15, 0.2) is 0 Å². The molecule has 7 heteroatoms. The van der Waals surface area contributed by atoms with E-state index in [1.165, 1.54) is 0 Å². The Hall–Kier alpha value is -0.850. The van der Waals surface area contributed by atoms with Gasteiger partial charge in [-0.2, -0.15) is 0 Å². The SMILES string of the molecule is CCNC(=O)CN1CCCC(CNC(=O)C2CCCN2)C1.Cl. The van der Waals surface area contributed by atoms with Crippen molar-refractivity contribution in [1.82, 2.24) is 20.9 Å². The molecule has 2 aliphatic heterocycles. The molecule has 2 aliphatic rings. The van der Waals surface area contributed by atoms with Crippen molar-refractivity contribution in [3.05, 3.63) is 0 Å². The molecule has 2 heterocycles. The molecular formula is C15H29ClN4O2. The van der Waals surface area contributed by atoms with Crippen LogP contribution in [0.25, 0.3) is 0 Å². The smallest absolute Gasteiger partial charge is 0.237 e. The minimum atomic E-state index is 0. The first kappa shape index (κ1) is 19.2. The maximum Gasteiger partial charge on any atom is 0.237 e. The maximum absolute atomic E-state index is 12.0. The van der Waals surface area contributed by atoms with Crippen molar-refractivity contribution in [3.63, 3.8) is 0 Å². The normalized spacial score (nSPS) is 25.3. The maximum atomic E-state index is 12.0. The molecule has 6 nitrogen and oxygen atoms in total. The van der Waals surface area contributed by atoms with Crippen LogP contribution in [0, 0.1) is 5.92 Å². The molecule has 3 N–H and O–H groups in total. The Labute approximate surface area is 139 Å². The van der Waals surface area contributed by atoms with E-state index in [1.807, 2.05) is 6.92 Å². The van der Waals surface area contributed by atoms with E-state index in [4.69, 9.17) is 0 Å². The molecule has 2 saturated heterocycles. The van der Waals surface area contributed by atoms with Crippen molar-refractivity contribution in [1.29, 1.82) is 0 Å². The lowest BCUT2D eigenvalue weighted by atomic mass is 9.98. The Kier molecular flexibility index (Phi) is 8.75. The molecule has 2 rings (SSSR count). The van der Waals surface area contributed by atoms with E-state index in [2.05, 4.69) is 20.9 Å². The molecule has 0 aromatic heterocycles. The van der Waals surface area contributed by atoms with Crippen molar-refractivity contribution in [2.24, 2.45) is 5.92 Å². The van der Waals surface area contributed by atoms with E-state index in [0.29, 0.717) is 19.0 Å². The van der Waals surface area contributed by atoms with E-state index in [9.17, 15) is 9.59 Å². The number of rotatable bonds is 6. The quantitative estimate of drug-likeness (QED) is 0.646. The summed E-state index contributed by atoms with van der Waals surface area (Å²) in [7, 11) is 0. The molecule has 0 bridgehead atoms. The fourth-order valence-electron chi connectivity index (χ4n) is 3.19. The zero-order valence-corrected chi connectivity index (χ0v) is 14.2. The largest absolute Gasteiger partial charge is 0.355 e. The van der Waals surface area contributed by atoms with Crippen LogP contribution in [0.4, 0.5) is 0 Å². The van der Waals surface area contributed by atoms with Crippen molar-refractivity contribution < 1.29 is 9.59 Å². The van der Waals surface area contributed by atoms with E-state index in [-0.39, 0.29) is 30.3 Å². The summed E-state index contributed by atoms with van der Waals surface area (Å²) in [5, 5.41) is 9.12. The van der Waals surface area contributed by atoms with Crippen LogP contribution in [-0.2, 0) is 9.59 Å². The average molecular weight is 333 g/mol. The third kappa shape index (κ3) is 6.10. The van der Waals surface area contributed by atoms with Gasteiger partial charge in [-0.25, -0.2) is 0 Å². The van der Waals surface area contributed by atoms with Gasteiger partial charge < -0.3 is 16.0 Å². The number of carbonyl (C=O) groups is 2. The van der Waals surface area contributed by atoms with Gasteiger partial charge in [0, 0.05) is 19.6 Å². The second-order valence-electron chi connectivity index (χ2n) is 6.09. The summed E-state index contributed by atoms with van der Waals surface area (Å²) in [4.78, 5) is 25.8. The highest BCUT2D eigenvalue weighted by molar-refractivity contribution is 5.85. The van der Waals surface area contributed by atoms with Crippen molar-refractivity contribution in [3.8, 4) is 0 Å². The minimum absolute atomic E-state index is 0. The number of likely N-dealkylation sites (tertiary alicyclic amines) is 1. The first-order valence-electron chi connectivity index (χ1n) is 8.19. The van der Waals surface area contributed by atoms with Crippen molar-refractivity contribution >= 4 is 24.2 Å². The van der Waals surface area contributed by atoms with E-state index >= 15 is 0 Å². The number of likely N-dealkylation sites (N-methyl/N-ethyl adjacent to an activating group) is 1. The van der Waals surface area contributed by atoms with Crippen LogP contribution in [0.3, 0.4) is 0 Å². The van der Waals surface area contributed by atoms with Gasteiger partial charge in [-0.15, -0.1) is 12.4 Å². The predicted octanol–water partition coefficient (Wildman–Crippen LogP) is 0.125. The van der Waals surface area contributed by atoms with Crippen LogP contribution < -0.4 is 16.0 Å². The van der Waals surface area contributed by atoms with Gasteiger partial charge in [-0.05, 0) is 51.6 Å².